The standard InChI is InChI=1S/C21H28N2O/c1-16-9-11-17(12-10-16)15-23-20(24)13-14-22-19-8-6-5-7-18(19)21(2,3)4/h5-12,22H,13-15H2,1-4H3,(H,23,24). The van der Waals surface area contributed by atoms with E-state index in [0.717, 1.165) is 11.3 Å². The van der Waals surface area contributed by atoms with Crippen LogP contribution in [0.5, 0.6) is 0 Å². The summed E-state index contributed by atoms with van der Waals surface area (Å²) in [5.41, 5.74) is 4.81. The predicted molar refractivity (Wildman–Crippen MR) is 101 cm³/mol. The molecule has 3 nitrogen and oxygen atoms in total. The quantitative estimate of drug-likeness (QED) is 0.826. The highest BCUT2D eigenvalue weighted by Crippen LogP contribution is 2.29. The molecule has 1 amide bonds. The fourth-order valence-electron chi connectivity index (χ4n) is 2.60. The van der Waals surface area contributed by atoms with E-state index in [2.05, 4.69) is 68.7 Å². The second-order valence-electron chi connectivity index (χ2n) is 7.23. The van der Waals surface area contributed by atoms with Crippen molar-refractivity contribution in [3.8, 4) is 0 Å². The van der Waals surface area contributed by atoms with Crippen LogP contribution in [0.4, 0.5) is 5.69 Å². The van der Waals surface area contributed by atoms with E-state index in [9.17, 15) is 4.79 Å². The fourth-order valence-corrected chi connectivity index (χ4v) is 2.60. The highest BCUT2D eigenvalue weighted by Gasteiger charge is 2.17. The zero-order chi connectivity index (χ0) is 17.6. The Morgan fingerprint density at radius 3 is 2.33 bits per heavy atom. The first-order chi connectivity index (χ1) is 11.4. The van der Waals surface area contributed by atoms with Gasteiger partial charge in [-0.15, -0.1) is 0 Å². The number of rotatable bonds is 6. The molecule has 3 heteroatoms. The first-order valence-corrected chi connectivity index (χ1v) is 8.52. The Morgan fingerprint density at radius 2 is 1.67 bits per heavy atom. The van der Waals surface area contributed by atoms with E-state index < -0.39 is 0 Å². The molecule has 0 bridgehead atoms. The molecule has 0 heterocycles. The Bertz CT molecular complexity index is 669. The van der Waals surface area contributed by atoms with E-state index in [1.165, 1.54) is 11.1 Å². The molecule has 0 saturated carbocycles. The van der Waals surface area contributed by atoms with Crippen molar-refractivity contribution >= 4 is 11.6 Å². The molecule has 2 aromatic rings. The maximum Gasteiger partial charge on any atom is 0.222 e. The number of benzene rings is 2. The van der Waals surface area contributed by atoms with Crippen molar-refractivity contribution in [1.82, 2.24) is 5.32 Å². The Balaban J connectivity index is 1.80. The highest BCUT2D eigenvalue weighted by molar-refractivity contribution is 5.76. The van der Waals surface area contributed by atoms with Gasteiger partial charge < -0.3 is 10.6 Å². The Kier molecular flexibility index (Phi) is 6.02. The molecule has 0 aromatic heterocycles. The smallest absolute Gasteiger partial charge is 0.222 e. The molecule has 0 fully saturated rings. The van der Waals surface area contributed by atoms with Gasteiger partial charge in [-0.05, 0) is 29.5 Å². The monoisotopic (exact) mass is 324 g/mol. The van der Waals surface area contributed by atoms with E-state index in [4.69, 9.17) is 0 Å². The van der Waals surface area contributed by atoms with Crippen LogP contribution in [0, 0.1) is 6.92 Å². The lowest BCUT2D eigenvalue weighted by Gasteiger charge is -2.23. The van der Waals surface area contributed by atoms with Crippen LogP contribution >= 0.6 is 0 Å². The zero-order valence-electron chi connectivity index (χ0n) is 15.1. The second-order valence-corrected chi connectivity index (χ2v) is 7.23. The third-order valence-electron chi connectivity index (χ3n) is 4.01. The van der Waals surface area contributed by atoms with Crippen LogP contribution in [0.25, 0.3) is 0 Å². The van der Waals surface area contributed by atoms with Crippen molar-refractivity contribution in [1.29, 1.82) is 0 Å². The average Bonchev–Trinajstić information content (AvgIpc) is 2.54. The molecule has 2 N–H and O–H groups in total. The summed E-state index contributed by atoms with van der Waals surface area (Å²) < 4.78 is 0. The van der Waals surface area contributed by atoms with Gasteiger partial charge in [0.25, 0.3) is 0 Å². The Hall–Kier alpha value is -2.29. The fraction of sp³-hybridized carbons (Fsp3) is 0.381. The Morgan fingerprint density at radius 1 is 1.00 bits per heavy atom. The zero-order valence-corrected chi connectivity index (χ0v) is 15.1. The molecule has 0 aliphatic heterocycles. The molecule has 0 atom stereocenters. The molecule has 0 aliphatic rings. The summed E-state index contributed by atoms with van der Waals surface area (Å²) in [7, 11) is 0. The average molecular weight is 324 g/mol. The van der Waals surface area contributed by atoms with Crippen LogP contribution in [0.3, 0.4) is 0 Å². The van der Waals surface area contributed by atoms with Gasteiger partial charge >= 0.3 is 0 Å². The van der Waals surface area contributed by atoms with Gasteiger partial charge in [-0.25, -0.2) is 0 Å². The number of hydrogen-bond acceptors (Lipinski definition) is 2. The molecule has 0 spiro atoms. The lowest BCUT2D eigenvalue weighted by Crippen LogP contribution is -2.25. The van der Waals surface area contributed by atoms with E-state index in [1.54, 1.807) is 0 Å². The van der Waals surface area contributed by atoms with Crippen molar-refractivity contribution in [2.45, 2.75) is 46.1 Å². The number of anilines is 1. The van der Waals surface area contributed by atoms with Gasteiger partial charge in [-0.3, -0.25) is 4.79 Å². The third-order valence-corrected chi connectivity index (χ3v) is 4.01. The molecule has 0 aliphatic carbocycles. The number of para-hydroxylation sites is 1. The number of amides is 1. The van der Waals surface area contributed by atoms with Crippen LogP contribution in [-0.2, 0) is 16.8 Å². The van der Waals surface area contributed by atoms with Gasteiger partial charge in [-0.1, -0.05) is 68.8 Å². The summed E-state index contributed by atoms with van der Waals surface area (Å²) in [4.78, 5) is 12.0. The summed E-state index contributed by atoms with van der Waals surface area (Å²) in [6.45, 7) is 9.86. The second kappa shape index (κ2) is 8.00. The lowest BCUT2D eigenvalue weighted by molar-refractivity contribution is -0.121. The van der Waals surface area contributed by atoms with Crippen LogP contribution in [0.15, 0.2) is 48.5 Å². The topological polar surface area (TPSA) is 41.1 Å². The summed E-state index contributed by atoms with van der Waals surface area (Å²) in [6, 6.07) is 16.5. The molecule has 2 aromatic carbocycles. The van der Waals surface area contributed by atoms with Crippen LogP contribution in [0.1, 0.15) is 43.9 Å². The number of carbonyl (C=O) groups excluding carboxylic acids is 1. The van der Waals surface area contributed by atoms with Gasteiger partial charge in [0.1, 0.15) is 0 Å². The molecule has 128 valence electrons. The predicted octanol–water partition coefficient (Wildman–Crippen LogP) is 4.41. The molecular weight excluding hydrogens is 296 g/mol. The SMILES string of the molecule is Cc1ccc(CNC(=O)CCNc2ccccc2C(C)(C)C)cc1. The normalized spacial score (nSPS) is 11.2. The molecule has 0 saturated heterocycles. The number of hydrogen-bond donors (Lipinski definition) is 2. The van der Waals surface area contributed by atoms with E-state index in [1.807, 2.05) is 18.2 Å². The molecule has 0 unspecified atom stereocenters. The molecule has 24 heavy (non-hydrogen) atoms. The van der Waals surface area contributed by atoms with Crippen LogP contribution < -0.4 is 10.6 Å². The molecule has 0 radical (unpaired) electrons. The third kappa shape index (κ3) is 5.41. The molecule has 2 rings (SSSR count). The largest absolute Gasteiger partial charge is 0.384 e. The van der Waals surface area contributed by atoms with Gasteiger partial charge in [0, 0.05) is 25.2 Å². The van der Waals surface area contributed by atoms with Crippen molar-refractivity contribution in [3.05, 3.63) is 65.2 Å². The number of carbonyl (C=O) groups is 1. The maximum absolute atomic E-state index is 12.0. The van der Waals surface area contributed by atoms with Crippen molar-refractivity contribution in [2.24, 2.45) is 0 Å². The first kappa shape index (κ1) is 18.1. The maximum atomic E-state index is 12.0. The van der Waals surface area contributed by atoms with Crippen molar-refractivity contribution in [2.75, 3.05) is 11.9 Å². The van der Waals surface area contributed by atoms with Gasteiger partial charge in [-0.2, -0.15) is 0 Å². The lowest BCUT2D eigenvalue weighted by atomic mass is 9.86. The molecular formula is C21H28N2O. The van der Waals surface area contributed by atoms with Gasteiger partial charge in [0.15, 0.2) is 0 Å². The number of nitrogens with one attached hydrogen (secondary N) is 2. The van der Waals surface area contributed by atoms with Crippen molar-refractivity contribution < 1.29 is 4.79 Å². The van der Waals surface area contributed by atoms with Crippen LogP contribution in [-0.4, -0.2) is 12.5 Å². The minimum absolute atomic E-state index is 0.0660. The Labute approximate surface area is 145 Å². The first-order valence-electron chi connectivity index (χ1n) is 8.52. The van der Waals surface area contributed by atoms with E-state index >= 15 is 0 Å². The summed E-state index contributed by atoms with van der Waals surface area (Å²) in [5.74, 6) is 0.0660. The summed E-state index contributed by atoms with van der Waals surface area (Å²) >= 11 is 0. The number of aryl methyl sites for hydroxylation is 1. The summed E-state index contributed by atoms with van der Waals surface area (Å²) in [6.07, 6.45) is 0.463. The van der Waals surface area contributed by atoms with E-state index in [0.29, 0.717) is 19.5 Å². The van der Waals surface area contributed by atoms with Crippen molar-refractivity contribution in [3.63, 3.8) is 0 Å². The van der Waals surface area contributed by atoms with Gasteiger partial charge in [0.2, 0.25) is 5.91 Å². The summed E-state index contributed by atoms with van der Waals surface area (Å²) in [5, 5.41) is 6.37. The van der Waals surface area contributed by atoms with Gasteiger partial charge in [0.05, 0.1) is 0 Å². The minimum atomic E-state index is 0.0660. The minimum Gasteiger partial charge on any atom is -0.384 e. The highest BCUT2D eigenvalue weighted by atomic mass is 16.1. The van der Waals surface area contributed by atoms with E-state index in [-0.39, 0.29) is 11.3 Å². The van der Waals surface area contributed by atoms with Crippen LogP contribution in [0.2, 0.25) is 0 Å².